The van der Waals surface area contributed by atoms with Crippen LogP contribution in [0.15, 0.2) is 24.3 Å². The molecule has 1 aromatic carbocycles. The molecule has 0 saturated carbocycles. The van der Waals surface area contributed by atoms with Crippen molar-refractivity contribution in [3.8, 4) is 0 Å². The summed E-state index contributed by atoms with van der Waals surface area (Å²) in [7, 11) is 0. The molecule has 1 aliphatic rings. The van der Waals surface area contributed by atoms with Gasteiger partial charge in [-0.25, -0.2) is 0 Å². The van der Waals surface area contributed by atoms with Gasteiger partial charge >= 0.3 is 0 Å². The van der Waals surface area contributed by atoms with E-state index in [9.17, 15) is 9.59 Å². The fourth-order valence-corrected chi connectivity index (χ4v) is 2.93. The number of carbonyl (C=O) groups is 2. The highest BCUT2D eigenvalue weighted by atomic mass is 16.2. The first-order valence-corrected chi connectivity index (χ1v) is 9.06. The molecule has 1 heterocycles. The third kappa shape index (κ3) is 5.46. The van der Waals surface area contributed by atoms with E-state index in [1.807, 2.05) is 32.9 Å². The summed E-state index contributed by atoms with van der Waals surface area (Å²) >= 11 is 0. The number of hydrogen-bond donors (Lipinski definition) is 3. The molecule has 6 heteroatoms. The Labute approximate surface area is 150 Å². The zero-order valence-electron chi connectivity index (χ0n) is 15.4. The van der Waals surface area contributed by atoms with Crippen LogP contribution in [0, 0.1) is 5.92 Å². The normalized spacial score (nSPS) is 16.6. The van der Waals surface area contributed by atoms with E-state index in [-0.39, 0.29) is 30.3 Å². The smallest absolute Gasteiger partial charge is 0.239 e. The second kappa shape index (κ2) is 8.85. The van der Waals surface area contributed by atoms with Crippen LogP contribution in [0.5, 0.6) is 0 Å². The first-order valence-electron chi connectivity index (χ1n) is 9.06. The van der Waals surface area contributed by atoms with E-state index >= 15 is 0 Å². The molecule has 2 rings (SSSR count). The Balaban J connectivity index is 1.86. The van der Waals surface area contributed by atoms with Gasteiger partial charge in [-0.1, -0.05) is 26.0 Å². The number of hydrogen-bond acceptors (Lipinski definition) is 4. The molecule has 0 bridgehead atoms. The maximum absolute atomic E-state index is 12.1. The van der Waals surface area contributed by atoms with Gasteiger partial charge in [0.05, 0.1) is 18.6 Å². The van der Waals surface area contributed by atoms with Crippen molar-refractivity contribution >= 4 is 17.5 Å². The molecule has 1 unspecified atom stereocenters. The molecule has 138 valence electrons. The second-order valence-corrected chi connectivity index (χ2v) is 7.07. The molecular weight excluding hydrogens is 316 g/mol. The highest BCUT2D eigenvalue weighted by Crippen LogP contribution is 2.23. The maximum Gasteiger partial charge on any atom is 0.239 e. The lowest BCUT2D eigenvalue weighted by Crippen LogP contribution is -2.47. The maximum atomic E-state index is 12.1. The van der Waals surface area contributed by atoms with Crippen molar-refractivity contribution in [3.05, 3.63) is 29.8 Å². The van der Waals surface area contributed by atoms with Crippen molar-refractivity contribution in [2.75, 3.05) is 24.5 Å². The van der Waals surface area contributed by atoms with E-state index in [2.05, 4.69) is 27.7 Å². The molecule has 0 aromatic heterocycles. The lowest BCUT2D eigenvalue weighted by molar-refractivity contribution is -0.127. The molecule has 2 atom stereocenters. The van der Waals surface area contributed by atoms with Crippen molar-refractivity contribution in [1.82, 2.24) is 10.6 Å². The average Bonchev–Trinajstić information content (AvgIpc) is 3.13. The van der Waals surface area contributed by atoms with Gasteiger partial charge in [0, 0.05) is 18.8 Å². The van der Waals surface area contributed by atoms with Gasteiger partial charge in [-0.15, -0.1) is 0 Å². The van der Waals surface area contributed by atoms with Gasteiger partial charge < -0.3 is 21.3 Å². The van der Waals surface area contributed by atoms with Crippen LogP contribution in [0.3, 0.4) is 0 Å². The Morgan fingerprint density at radius 2 is 1.88 bits per heavy atom. The summed E-state index contributed by atoms with van der Waals surface area (Å²) in [6, 6.07) is 7.56. The fourth-order valence-electron chi connectivity index (χ4n) is 2.93. The molecule has 0 aliphatic carbocycles. The zero-order valence-corrected chi connectivity index (χ0v) is 15.4. The number of nitrogens with zero attached hydrogens (tertiary/aromatic N) is 1. The van der Waals surface area contributed by atoms with Crippen LogP contribution >= 0.6 is 0 Å². The molecule has 1 fully saturated rings. The highest BCUT2D eigenvalue weighted by Gasteiger charge is 2.19. The minimum atomic E-state index is -0.595. The Morgan fingerprint density at radius 3 is 2.52 bits per heavy atom. The Kier molecular flexibility index (Phi) is 6.82. The first-order chi connectivity index (χ1) is 11.9. The van der Waals surface area contributed by atoms with Crippen LogP contribution in [0.1, 0.15) is 45.2 Å². The summed E-state index contributed by atoms with van der Waals surface area (Å²) in [4.78, 5) is 26.3. The number of rotatable bonds is 7. The monoisotopic (exact) mass is 346 g/mol. The molecule has 2 amide bonds. The zero-order chi connectivity index (χ0) is 18.4. The largest absolute Gasteiger partial charge is 0.372 e. The third-order valence-corrected chi connectivity index (χ3v) is 4.66. The van der Waals surface area contributed by atoms with E-state index < -0.39 is 6.04 Å². The van der Waals surface area contributed by atoms with Gasteiger partial charge in [0.1, 0.15) is 0 Å². The summed E-state index contributed by atoms with van der Waals surface area (Å²) in [6.45, 7) is 7.82. The van der Waals surface area contributed by atoms with Gasteiger partial charge in [0.15, 0.2) is 0 Å². The number of benzene rings is 1. The highest BCUT2D eigenvalue weighted by molar-refractivity contribution is 5.87. The Hall–Kier alpha value is -2.08. The summed E-state index contributed by atoms with van der Waals surface area (Å²) in [5.74, 6) is -0.479. The van der Waals surface area contributed by atoms with E-state index in [4.69, 9.17) is 5.73 Å². The summed E-state index contributed by atoms with van der Waals surface area (Å²) in [5, 5.41) is 5.52. The topological polar surface area (TPSA) is 87.5 Å². The van der Waals surface area contributed by atoms with Gasteiger partial charge in [0.25, 0.3) is 0 Å². The molecule has 1 saturated heterocycles. The van der Waals surface area contributed by atoms with E-state index in [0.717, 1.165) is 18.7 Å². The summed E-state index contributed by atoms with van der Waals surface area (Å²) in [6.07, 6.45) is 2.46. The Bertz CT molecular complexity index is 597. The molecule has 1 aliphatic heterocycles. The fraction of sp³-hybridized carbons (Fsp3) is 0.579. The van der Waals surface area contributed by atoms with Crippen LogP contribution in [0.25, 0.3) is 0 Å². The molecular formula is C19H30N4O2. The van der Waals surface area contributed by atoms with Crippen molar-refractivity contribution in [1.29, 1.82) is 0 Å². The van der Waals surface area contributed by atoms with Crippen LogP contribution in [0.2, 0.25) is 0 Å². The van der Waals surface area contributed by atoms with Crippen molar-refractivity contribution in [2.24, 2.45) is 11.7 Å². The number of nitrogens with one attached hydrogen (secondary N) is 2. The van der Waals surface area contributed by atoms with Crippen LogP contribution in [-0.4, -0.2) is 37.5 Å². The van der Waals surface area contributed by atoms with Crippen LogP contribution < -0.4 is 21.3 Å². The van der Waals surface area contributed by atoms with Crippen molar-refractivity contribution in [3.63, 3.8) is 0 Å². The number of carbonyl (C=O) groups excluding carboxylic acids is 2. The number of anilines is 1. The molecule has 4 N–H and O–H groups in total. The third-order valence-electron chi connectivity index (χ3n) is 4.66. The van der Waals surface area contributed by atoms with Gasteiger partial charge in [-0.2, -0.15) is 0 Å². The van der Waals surface area contributed by atoms with Crippen LogP contribution in [0.4, 0.5) is 5.69 Å². The van der Waals surface area contributed by atoms with Crippen LogP contribution in [-0.2, 0) is 9.59 Å². The van der Waals surface area contributed by atoms with Gasteiger partial charge in [0.2, 0.25) is 11.8 Å². The first kappa shape index (κ1) is 19.2. The predicted octanol–water partition coefficient (Wildman–Crippen LogP) is 1.56. The molecule has 0 radical (unpaired) electrons. The van der Waals surface area contributed by atoms with Crippen molar-refractivity contribution < 1.29 is 9.59 Å². The molecule has 25 heavy (non-hydrogen) atoms. The minimum absolute atomic E-state index is 0.0373. The second-order valence-electron chi connectivity index (χ2n) is 7.07. The van der Waals surface area contributed by atoms with E-state index in [1.54, 1.807) is 0 Å². The lowest BCUT2D eigenvalue weighted by atomic mass is 10.1. The number of nitrogens with two attached hydrogens (primary N) is 1. The minimum Gasteiger partial charge on any atom is -0.372 e. The lowest BCUT2D eigenvalue weighted by Gasteiger charge is -2.21. The molecule has 1 aromatic rings. The van der Waals surface area contributed by atoms with Crippen molar-refractivity contribution in [2.45, 2.75) is 45.7 Å². The van der Waals surface area contributed by atoms with E-state index in [1.165, 1.54) is 18.5 Å². The Morgan fingerprint density at radius 1 is 1.20 bits per heavy atom. The SMILES string of the molecule is CC(NC(=O)CNC(=O)[C@@H](N)C(C)C)c1cccc(N2CCCC2)c1. The summed E-state index contributed by atoms with van der Waals surface area (Å²) < 4.78 is 0. The quantitative estimate of drug-likeness (QED) is 0.699. The molecule has 6 nitrogen and oxygen atoms in total. The van der Waals surface area contributed by atoms with E-state index in [0.29, 0.717) is 0 Å². The van der Waals surface area contributed by atoms with Gasteiger partial charge in [-0.05, 0) is 43.4 Å². The standard InChI is InChI=1S/C19H30N4O2/c1-13(2)18(20)19(25)21-12-17(24)22-14(3)15-7-6-8-16(11-15)23-9-4-5-10-23/h6-8,11,13-14,18H,4-5,9-10,12,20H2,1-3H3,(H,21,25)(H,22,24)/t14?,18-/m0/s1. The average molecular weight is 346 g/mol. The molecule has 0 spiro atoms. The summed E-state index contributed by atoms with van der Waals surface area (Å²) in [5.41, 5.74) is 8.03. The van der Waals surface area contributed by atoms with Gasteiger partial charge in [-0.3, -0.25) is 9.59 Å². The predicted molar refractivity (Wildman–Crippen MR) is 100 cm³/mol. The number of amides is 2.